The van der Waals surface area contributed by atoms with Gasteiger partial charge in [0, 0.05) is 5.38 Å². The van der Waals surface area contributed by atoms with Gasteiger partial charge in [0.15, 0.2) is 5.69 Å². The fraction of sp³-hybridized carbons (Fsp3) is 0.214. The molecule has 0 bridgehead atoms. The zero-order valence-corrected chi connectivity index (χ0v) is 12.2. The Kier molecular flexibility index (Phi) is 4.66. The van der Waals surface area contributed by atoms with Gasteiger partial charge < -0.3 is 16.2 Å². The van der Waals surface area contributed by atoms with Crippen molar-refractivity contribution in [3.05, 3.63) is 51.5 Å². The summed E-state index contributed by atoms with van der Waals surface area (Å²) in [6, 6.07) is 6.64. The van der Waals surface area contributed by atoms with Crippen LogP contribution < -0.4 is 11.1 Å². The number of thiazole rings is 1. The lowest BCUT2D eigenvalue weighted by Crippen LogP contribution is -2.33. The normalized spacial score (nSPS) is 11.9. The van der Waals surface area contributed by atoms with Crippen molar-refractivity contribution >= 4 is 23.2 Å². The van der Waals surface area contributed by atoms with E-state index >= 15 is 0 Å². The number of aromatic nitrogens is 1. The monoisotopic (exact) mass is 305 g/mol. The summed E-state index contributed by atoms with van der Waals surface area (Å²) < 4.78 is 0. The van der Waals surface area contributed by atoms with Crippen molar-refractivity contribution in [3.8, 4) is 0 Å². The summed E-state index contributed by atoms with van der Waals surface area (Å²) in [5.41, 5.74) is 7.68. The highest BCUT2D eigenvalue weighted by Crippen LogP contribution is 2.13. The lowest BCUT2D eigenvalue weighted by Gasteiger charge is -2.12. The van der Waals surface area contributed by atoms with Crippen LogP contribution in [0.25, 0.3) is 0 Å². The van der Waals surface area contributed by atoms with Crippen molar-refractivity contribution in [2.24, 2.45) is 5.73 Å². The minimum atomic E-state index is -1.08. The van der Waals surface area contributed by atoms with Crippen LogP contribution in [0.15, 0.2) is 29.6 Å². The van der Waals surface area contributed by atoms with Crippen LogP contribution in [0.5, 0.6) is 0 Å². The molecule has 1 aromatic heterocycles. The van der Waals surface area contributed by atoms with E-state index in [1.54, 1.807) is 0 Å². The molecular formula is C14H15N3O3S. The van der Waals surface area contributed by atoms with Gasteiger partial charge in [0.05, 0.1) is 6.54 Å². The third-order valence-electron chi connectivity index (χ3n) is 2.90. The number of amides is 1. The molecule has 0 saturated carbocycles. The number of hydrogen-bond acceptors (Lipinski definition) is 5. The number of carbonyl (C=O) groups is 2. The molecule has 0 radical (unpaired) electrons. The number of rotatable bonds is 5. The Morgan fingerprint density at radius 3 is 2.62 bits per heavy atom. The molecular weight excluding hydrogens is 290 g/mol. The molecule has 0 aliphatic rings. The molecule has 1 aromatic carbocycles. The fourth-order valence-electron chi connectivity index (χ4n) is 1.69. The first kappa shape index (κ1) is 15.1. The Morgan fingerprint density at radius 1 is 1.38 bits per heavy atom. The van der Waals surface area contributed by atoms with Gasteiger partial charge in [-0.1, -0.05) is 29.8 Å². The number of aromatic carboxylic acids is 1. The number of nitrogens with one attached hydrogen (secondary N) is 1. The third kappa shape index (κ3) is 3.87. The molecule has 4 N–H and O–H groups in total. The van der Waals surface area contributed by atoms with Crippen molar-refractivity contribution in [2.75, 3.05) is 0 Å². The highest BCUT2D eigenvalue weighted by Gasteiger charge is 2.16. The first-order chi connectivity index (χ1) is 9.97. The van der Waals surface area contributed by atoms with Crippen molar-refractivity contribution in [2.45, 2.75) is 19.5 Å². The van der Waals surface area contributed by atoms with Crippen LogP contribution in [0.1, 0.15) is 32.7 Å². The second-order valence-corrected chi connectivity index (χ2v) is 5.48. The second-order valence-electron chi connectivity index (χ2n) is 4.54. The predicted octanol–water partition coefficient (Wildman–Crippen LogP) is 1.47. The van der Waals surface area contributed by atoms with E-state index in [1.807, 2.05) is 31.2 Å². The van der Waals surface area contributed by atoms with Gasteiger partial charge in [-0.3, -0.25) is 4.79 Å². The number of carboxylic acid groups (broad SMARTS) is 1. The molecule has 6 nitrogen and oxygen atoms in total. The van der Waals surface area contributed by atoms with Crippen molar-refractivity contribution in [1.82, 2.24) is 10.3 Å². The summed E-state index contributed by atoms with van der Waals surface area (Å²) in [6.07, 6.45) is 0. The summed E-state index contributed by atoms with van der Waals surface area (Å²) in [6.45, 7) is 2.12. The maximum atomic E-state index is 12.0. The van der Waals surface area contributed by atoms with Crippen LogP contribution in [0.4, 0.5) is 0 Å². The number of nitrogens with zero attached hydrogens (tertiary/aromatic N) is 1. The maximum Gasteiger partial charge on any atom is 0.355 e. The fourth-order valence-corrected chi connectivity index (χ4v) is 2.40. The molecule has 0 spiro atoms. The minimum absolute atomic E-state index is 0.0212. The van der Waals surface area contributed by atoms with Gasteiger partial charge >= 0.3 is 5.97 Å². The molecule has 110 valence electrons. The summed E-state index contributed by atoms with van der Waals surface area (Å²) in [5.74, 6) is -1.41. The smallest absolute Gasteiger partial charge is 0.355 e. The number of carbonyl (C=O) groups excluding carboxylic acids is 1. The Hall–Kier alpha value is -2.25. The topological polar surface area (TPSA) is 105 Å². The SMILES string of the molecule is Cc1ccc(C(N)C(=O)NCc2nc(C(=O)O)cs2)cc1. The largest absolute Gasteiger partial charge is 0.476 e. The van der Waals surface area contributed by atoms with Gasteiger partial charge in [-0.2, -0.15) is 0 Å². The molecule has 21 heavy (non-hydrogen) atoms. The van der Waals surface area contributed by atoms with E-state index in [1.165, 1.54) is 16.7 Å². The number of hydrogen-bond donors (Lipinski definition) is 3. The highest BCUT2D eigenvalue weighted by molar-refractivity contribution is 7.09. The van der Waals surface area contributed by atoms with Gasteiger partial charge in [-0.05, 0) is 12.5 Å². The van der Waals surface area contributed by atoms with E-state index in [0.29, 0.717) is 5.01 Å². The van der Waals surface area contributed by atoms with Gasteiger partial charge in [0.2, 0.25) is 5.91 Å². The zero-order valence-electron chi connectivity index (χ0n) is 11.4. The first-order valence-corrected chi connectivity index (χ1v) is 7.13. The number of carboxylic acids is 1. The summed E-state index contributed by atoms with van der Waals surface area (Å²) in [7, 11) is 0. The first-order valence-electron chi connectivity index (χ1n) is 6.25. The van der Waals surface area contributed by atoms with Crippen LogP contribution >= 0.6 is 11.3 Å². The average molecular weight is 305 g/mol. The van der Waals surface area contributed by atoms with E-state index in [4.69, 9.17) is 10.8 Å². The predicted molar refractivity (Wildman–Crippen MR) is 79.0 cm³/mol. The van der Waals surface area contributed by atoms with Crippen molar-refractivity contribution in [3.63, 3.8) is 0 Å². The van der Waals surface area contributed by atoms with Crippen molar-refractivity contribution in [1.29, 1.82) is 0 Å². The number of benzene rings is 1. The zero-order chi connectivity index (χ0) is 15.4. The van der Waals surface area contributed by atoms with Gasteiger partial charge in [-0.15, -0.1) is 11.3 Å². The van der Waals surface area contributed by atoms with Crippen LogP contribution in [-0.4, -0.2) is 22.0 Å². The van der Waals surface area contributed by atoms with Gasteiger partial charge in [-0.25, -0.2) is 9.78 Å². The number of aryl methyl sites for hydroxylation is 1. The van der Waals surface area contributed by atoms with E-state index in [2.05, 4.69) is 10.3 Å². The quantitative estimate of drug-likeness (QED) is 0.775. The van der Waals surface area contributed by atoms with E-state index in [-0.39, 0.29) is 18.1 Å². The molecule has 1 atom stereocenters. The third-order valence-corrected chi connectivity index (χ3v) is 3.75. The molecule has 2 rings (SSSR count). The Labute approximate surface area is 125 Å². The molecule has 0 aliphatic heterocycles. The lowest BCUT2D eigenvalue weighted by molar-refractivity contribution is -0.122. The highest BCUT2D eigenvalue weighted by atomic mass is 32.1. The summed E-state index contributed by atoms with van der Waals surface area (Å²) in [5, 5.41) is 13.4. The molecule has 0 saturated heterocycles. The van der Waals surface area contributed by atoms with Crippen molar-refractivity contribution < 1.29 is 14.7 Å². The summed E-state index contributed by atoms with van der Waals surface area (Å²) in [4.78, 5) is 26.6. The Morgan fingerprint density at radius 2 is 2.05 bits per heavy atom. The average Bonchev–Trinajstić information content (AvgIpc) is 2.94. The Bertz CT molecular complexity index is 652. The molecule has 0 aliphatic carbocycles. The van der Waals surface area contributed by atoms with Crippen LogP contribution in [-0.2, 0) is 11.3 Å². The minimum Gasteiger partial charge on any atom is -0.476 e. The molecule has 0 fully saturated rings. The van der Waals surface area contributed by atoms with Crippen LogP contribution in [0.2, 0.25) is 0 Å². The maximum absolute atomic E-state index is 12.0. The van der Waals surface area contributed by atoms with Gasteiger partial charge in [0.1, 0.15) is 11.0 Å². The van der Waals surface area contributed by atoms with E-state index in [0.717, 1.165) is 11.1 Å². The van der Waals surface area contributed by atoms with Crippen LogP contribution in [0, 0.1) is 6.92 Å². The molecule has 1 unspecified atom stereocenters. The lowest BCUT2D eigenvalue weighted by atomic mass is 10.1. The van der Waals surface area contributed by atoms with Gasteiger partial charge in [0.25, 0.3) is 0 Å². The number of nitrogens with two attached hydrogens (primary N) is 1. The summed E-state index contributed by atoms with van der Waals surface area (Å²) >= 11 is 1.18. The molecule has 2 aromatic rings. The molecule has 7 heteroatoms. The molecule has 1 heterocycles. The van der Waals surface area contributed by atoms with E-state index < -0.39 is 12.0 Å². The molecule has 1 amide bonds. The second kappa shape index (κ2) is 6.47. The van der Waals surface area contributed by atoms with E-state index in [9.17, 15) is 9.59 Å². The Balaban J connectivity index is 1.94. The van der Waals surface area contributed by atoms with Crippen LogP contribution in [0.3, 0.4) is 0 Å². The standard InChI is InChI=1S/C14H15N3O3S/c1-8-2-4-9(5-3-8)12(15)13(18)16-6-11-17-10(7-21-11)14(19)20/h2-5,7,12H,6,15H2,1H3,(H,16,18)(H,19,20).